The zero-order valence-electron chi connectivity index (χ0n) is 13.6. The maximum Gasteiger partial charge on any atom is 0.229 e. The van der Waals surface area contributed by atoms with Gasteiger partial charge in [-0.1, -0.05) is 12.1 Å². The number of imidazole rings is 1. The summed E-state index contributed by atoms with van der Waals surface area (Å²) in [6, 6.07) is 8.27. The van der Waals surface area contributed by atoms with Crippen LogP contribution in [-0.2, 0) is 11.2 Å². The predicted octanol–water partition coefficient (Wildman–Crippen LogP) is 2.85. The van der Waals surface area contributed by atoms with Gasteiger partial charge < -0.3 is 9.88 Å². The lowest BCUT2D eigenvalue weighted by molar-refractivity contribution is -0.131. The Morgan fingerprint density at radius 2 is 2.20 bits per heavy atom. The molecule has 3 heterocycles. The van der Waals surface area contributed by atoms with Crippen LogP contribution in [0.5, 0.6) is 0 Å². The van der Waals surface area contributed by atoms with E-state index in [2.05, 4.69) is 20.2 Å². The van der Waals surface area contributed by atoms with Crippen LogP contribution in [0, 0.1) is 5.82 Å². The molecule has 1 aliphatic heterocycles. The molecule has 0 saturated carbocycles. The number of H-pyrrole nitrogens is 2. The highest BCUT2D eigenvalue weighted by molar-refractivity contribution is 5.79. The molecule has 0 aliphatic carbocycles. The SMILES string of the molecule is O=C(Cc1ccn[nH]1)N1CCCC1c1ncc(-c2ccccc2F)[nH]1. The number of hydrogen-bond acceptors (Lipinski definition) is 3. The van der Waals surface area contributed by atoms with Crippen LogP contribution in [0.4, 0.5) is 4.39 Å². The Balaban J connectivity index is 1.55. The molecule has 1 atom stereocenters. The van der Waals surface area contributed by atoms with Crippen molar-refractivity contribution in [1.82, 2.24) is 25.1 Å². The summed E-state index contributed by atoms with van der Waals surface area (Å²) >= 11 is 0. The Morgan fingerprint density at radius 3 is 3.00 bits per heavy atom. The van der Waals surface area contributed by atoms with Crippen LogP contribution < -0.4 is 0 Å². The maximum atomic E-state index is 14.0. The molecule has 3 aromatic rings. The fraction of sp³-hybridized carbons (Fsp3) is 0.278. The first-order chi connectivity index (χ1) is 12.2. The first-order valence-electron chi connectivity index (χ1n) is 8.30. The monoisotopic (exact) mass is 339 g/mol. The van der Waals surface area contributed by atoms with Gasteiger partial charge in [0.2, 0.25) is 5.91 Å². The molecule has 1 aliphatic rings. The maximum absolute atomic E-state index is 14.0. The highest BCUT2D eigenvalue weighted by Gasteiger charge is 2.32. The second-order valence-electron chi connectivity index (χ2n) is 6.17. The molecule has 0 radical (unpaired) electrons. The van der Waals surface area contributed by atoms with E-state index in [1.54, 1.807) is 36.7 Å². The van der Waals surface area contributed by atoms with Crippen molar-refractivity contribution in [3.63, 3.8) is 0 Å². The summed E-state index contributed by atoms with van der Waals surface area (Å²) < 4.78 is 14.0. The summed E-state index contributed by atoms with van der Waals surface area (Å²) in [6.45, 7) is 0.702. The van der Waals surface area contributed by atoms with Gasteiger partial charge in [0, 0.05) is 24.0 Å². The molecule has 7 heteroatoms. The smallest absolute Gasteiger partial charge is 0.229 e. The first-order valence-corrected chi connectivity index (χ1v) is 8.30. The van der Waals surface area contributed by atoms with Gasteiger partial charge in [-0.15, -0.1) is 0 Å². The summed E-state index contributed by atoms with van der Waals surface area (Å²) in [5.41, 5.74) is 1.90. The standard InChI is InChI=1S/C18H18FN5O/c19-14-5-2-1-4-13(14)15-11-20-18(22-15)16-6-3-9-24(16)17(25)10-12-7-8-21-23-12/h1-2,4-5,7-8,11,16H,3,6,9-10H2,(H,20,22)(H,21,23). The summed E-state index contributed by atoms with van der Waals surface area (Å²) in [5.74, 6) is 0.445. The van der Waals surface area contributed by atoms with E-state index in [4.69, 9.17) is 0 Å². The minimum atomic E-state index is -0.295. The Hall–Kier alpha value is -2.96. The first kappa shape index (κ1) is 15.6. The predicted molar refractivity (Wildman–Crippen MR) is 90.0 cm³/mol. The van der Waals surface area contributed by atoms with Crippen LogP contribution in [0.15, 0.2) is 42.7 Å². The number of aromatic amines is 2. The zero-order chi connectivity index (χ0) is 17.2. The summed E-state index contributed by atoms with van der Waals surface area (Å²) in [4.78, 5) is 22.0. The molecule has 1 unspecified atom stereocenters. The summed E-state index contributed by atoms with van der Waals surface area (Å²) in [7, 11) is 0. The number of benzene rings is 1. The molecule has 1 saturated heterocycles. The average molecular weight is 339 g/mol. The number of amides is 1. The largest absolute Gasteiger partial charge is 0.340 e. The number of carbonyl (C=O) groups is 1. The van der Waals surface area contributed by atoms with Crippen molar-refractivity contribution in [3.8, 4) is 11.3 Å². The van der Waals surface area contributed by atoms with Crippen LogP contribution in [0.1, 0.15) is 30.4 Å². The molecule has 0 bridgehead atoms. The van der Waals surface area contributed by atoms with Gasteiger partial charge in [0.25, 0.3) is 0 Å². The van der Waals surface area contributed by atoms with Gasteiger partial charge in [-0.05, 0) is 31.0 Å². The fourth-order valence-corrected chi connectivity index (χ4v) is 3.32. The van der Waals surface area contributed by atoms with E-state index in [-0.39, 0.29) is 24.2 Å². The van der Waals surface area contributed by atoms with Gasteiger partial charge >= 0.3 is 0 Å². The molecule has 1 fully saturated rings. The van der Waals surface area contributed by atoms with Crippen LogP contribution in [-0.4, -0.2) is 37.5 Å². The topological polar surface area (TPSA) is 77.7 Å². The molecule has 1 amide bonds. The number of likely N-dealkylation sites (tertiary alicyclic amines) is 1. The molecule has 2 aromatic heterocycles. The highest BCUT2D eigenvalue weighted by Crippen LogP contribution is 2.32. The lowest BCUT2D eigenvalue weighted by atomic mass is 10.1. The number of carbonyl (C=O) groups excluding carboxylic acids is 1. The molecule has 128 valence electrons. The van der Waals surface area contributed by atoms with Crippen molar-refractivity contribution >= 4 is 5.91 Å². The second kappa shape index (κ2) is 6.51. The number of rotatable bonds is 4. The quantitative estimate of drug-likeness (QED) is 0.767. The van der Waals surface area contributed by atoms with Crippen LogP contribution >= 0.6 is 0 Å². The molecule has 6 nitrogen and oxygen atoms in total. The van der Waals surface area contributed by atoms with Gasteiger partial charge in [-0.25, -0.2) is 9.37 Å². The third kappa shape index (κ3) is 3.05. The van der Waals surface area contributed by atoms with Crippen molar-refractivity contribution in [3.05, 3.63) is 60.1 Å². The molecular formula is C18H18FN5O. The third-order valence-electron chi connectivity index (χ3n) is 4.55. The molecule has 4 rings (SSSR count). The van der Waals surface area contributed by atoms with Gasteiger partial charge in [-0.3, -0.25) is 9.89 Å². The van der Waals surface area contributed by atoms with Crippen molar-refractivity contribution < 1.29 is 9.18 Å². The lowest BCUT2D eigenvalue weighted by Gasteiger charge is -2.23. The van der Waals surface area contributed by atoms with E-state index >= 15 is 0 Å². The van der Waals surface area contributed by atoms with E-state index in [9.17, 15) is 9.18 Å². The van der Waals surface area contributed by atoms with E-state index < -0.39 is 0 Å². The normalized spacial score (nSPS) is 17.2. The number of nitrogens with one attached hydrogen (secondary N) is 2. The van der Waals surface area contributed by atoms with Crippen molar-refractivity contribution in [2.24, 2.45) is 0 Å². The summed E-state index contributed by atoms with van der Waals surface area (Å²) in [5, 5.41) is 6.69. The minimum absolute atomic E-state index is 0.0376. The third-order valence-corrected chi connectivity index (χ3v) is 4.55. The van der Waals surface area contributed by atoms with E-state index in [0.717, 1.165) is 18.5 Å². The van der Waals surface area contributed by atoms with Crippen LogP contribution in [0.3, 0.4) is 0 Å². The average Bonchev–Trinajstić information content (AvgIpc) is 3.36. The molecule has 2 N–H and O–H groups in total. The van der Waals surface area contributed by atoms with Crippen molar-refractivity contribution in [1.29, 1.82) is 0 Å². The number of hydrogen-bond donors (Lipinski definition) is 2. The van der Waals surface area contributed by atoms with Gasteiger partial charge in [0.15, 0.2) is 0 Å². The second-order valence-corrected chi connectivity index (χ2v) is 6.17. The number of halogens is 1. The Morgan fingerprint density at radius 1 is 1.32 bits per heavy atom. The summed E-state index contributed by atoms with van der Waals surface area (Å²) in [6.07, 6.45) is 5.33. The Bertz CT molecular complexity index is 873. The van der Waals surface area contributed by atoms with Crippen LogP contribution in [0.25, 0.3) is 11.3 Å². The van der Waals surface area contributed by atoms with E-state index in [1.165, 1.54) is 6.07 Å². The van der Waals surface area contributed by atoms with E-state index in [0.29, 0.717) is 23.6 Å². The number of aromatic nitrogens is 4. The molecule has 0 spiro atoms. The van der Waals surface area contributed by atoms with Crippen molar-refractivity contribution in [2.45, 2.75) is 25.3 Å². The zero-order valence-corrected chi connectivity index (χ0v) is 13.6. The lowest BCUT2D eigenvalue weighted by Crippen LogP contribution is -2.32. The Kier molecular flexibility index (Phi) is 4.05. The molecule has 25 heavy (non-hydrogen) atoms. The van der Waals surface area contributed by atoms with Gasteiger partial charge in [-0.2, -0.15) is 5.10 Å². The fourth-order valence-electron chi connectivity index (χ4n) is 3.32. The van der Waals surface area contributed by atoms with Gasteiger partial charge in [0.1, 0.15) is 11.6 Å². The van der Waals surface area contributed by atoms with Crippen molar-refractivity contribution in [2.75, 3.05) is 6.54 Å². The van der Waals surface area contributed by atoms with E-state index in [1.807, 2.05) is 4.90 Å². The minimum Gasteiger partial charge on any atom is -0.340 e. The molecule has 1 aromatic carbocycles. The highest BCUT2D eigenvalue weighted by atomic mass is 19.1. The molecular weight excluding hydrogens is 321 g/mol. The van der Waals surface area contributed by atoms with Crippen LogP contribution in [0.2, 0.25) is 0 Å². The number of nitrogens with zero attached hydrogens (tertiary/aromatic N) is 3. The van der Waals surface area contributed by atoms with Gasteiger partial charge in [0.05, 0.1) is 24.4 Å². The Labute approximate surface area is 144 Å².